The third-order valence-corrected chi connectivity index (χ3v) is 3.83. The van der Waals surface area contributed by atoms with Gasteiger partial charge in [-0.2, -0.15) is 15.0 Å². The Kier molecular flexibility index (Phi) is 3.37. The summed E-state index contributed by atoms with van der Waals surface area (Å²) in [6.07, 6.45) is 4.97. The molecular weight excluding hydrogens is 242 g/mol. The summed E-state index contributed by atoms with van der Waals surface area (Å²) in [6.45, 7) is 4.18. The van der Waals surface area contributed by atoms with Gasteiger partial charge < -0.3 is 10.2 Å². The molecule has 1 saturated carbocycles. The number of anilines is 3. The summed E-state index contributed by atoms with van der Waals surface area (Å²) < 4.78 is 0. The Morgan fingerprint density at radius 2 is 1.84 bits per heavy atom. The van der Waals surface area contributed by atoms with Crippen LogP contribution in [-0.4, -0.2) is 34.1 Å². The van der Waals surface area contributed by atoms with Gasteiger partial charge in [-0.3, -0.25) is 5.43 Å². The minimum atomic E-state index is 0.402. The van der Waals surface area contributed by atoms with Gasteiger partial charge in [0, 0.05) is 19.1 Å². The Morgan fingerprint density at radius 1 is 1.16 bits per heavy atom. The number of aromatic nitrogens is 3. The average molecular weight is 263 g/mol. The molecule has 1 aromatic rings. The van der Waals surface area contributed by atoms with E-state index in [1.165, 1.54) is 25.7 Å². The molecule has 7 heteroatoms. The number of rotatable bonds is 5. The number of nitrogen functional groups attached to an aromatic ring is 1. The Bertz CT molecular complexity index is 440. The second kappa shape index (κ2) is 5.16. The van der Waals surface area contributed by atoms with Crippen LogP contribution in [0.3, 0.4) is 0 Å². The van der Waals surface area contributed by atoms with Crippen LogP contribution in [0, 0.1) is 5.92 Å². The third-order valence-electron chi connectivity index (χ3n) is 3.83. The fourth-order valence-electron chi connectivity index (χ4n) is 2.47. The van der Waals surface area contributed by atoms with E-state index in [4.69, 9.17) is 5.84 Å². The first-order valence-electron chi connectivity index (χ1n) is 7.00. The van der Waals surface area contributed by atoms with Crippen LogP contribution in [-0.2, 0) is 0 Å². The highest BCUT2D eigenvalue weighted by Gasteiger charge is 2.28. The van der Waals surface area contributed by atoms with Crippen molar-refractivity contribution in [2.24, 2.45) is 11.8 Å². The lowest BCUT2D eigenvalue weighted by molar-refractivity contribution is 0.684. The van der Waals surface area contributed by atoms with E-state index < -0.39 is 0 Å². The number of hydrazine groups is 1. The normalized spacial score (nSPS) is 20.4. The molecule has 2 fully saturated rings. The van der Waals surface area contributed by atoms with E-state index in [-0.39, 0.29) is 0 Å². The number of nitrogens with one attached hydrogen (secondary N) is 2. The van der Waals surface area contributed by atoms with Gasteiger partial charge in [-0.25, -0.2) is 5.84 Å². The molecule has 1 aliphatic carbocycles. The first-order valence-corrected chi connectivity index (χ1v) is 7.00. The zero-order valence-electron chi connectivity index (χ0n) is 11.3. The van der Waals surface area contributed by atoms with Crippen molar-refractivity contribution in [1.82, 2.24) is 15.0 Å². The van der Waals surface area contributed by atoms with Crippen LogP contribution in [0.15, 0.2) is 0 Å². The van der Waals surface area contributed by atoms with Gasteiger partial charge in [0.1, 0.15) is 0 Å². The Balaban J connectivity index is 1.79. The standard InChI is InChI=1S/C12H21N7/c1-8(9-4-5-9)14-10-15-11(18-13)17-12(16-10)19-6-2-3-7-19/h8-9H,2-7,13H2,1H3,(H2,14,15,16,17,18). The molecule has 1 aromatic heterocycles. The molecule has 0 spiro atoms. The van der Waals surface area contributed by atoms with Crippen molar-refractivity contribution in [3.63, 3.8) is 0 Å². The molecule has 1 atom stereocenters. The predicted octanol–water partition coefficient (Wildman–Crippen LogP) is 0.968. The van der Waals surface area contributed by atoms with Gasteiger partial charge >= 0.3 is 0 Å². The summed E-state index contributed by atoms with van der Waals surface area (Å²) in [6, 6.07) is 0.402. The van der Waals surface area contributed by atoms with E-state index in [2.05, 4.69) is 37.5 Å². The Hall–Kier alpha value is -1.63. The average Bonchev–Trinajstić information content (AvgIpc) is 3.13. The van der Waals surface area contributed by atoms with Crippen LogP contribution in [0.25, 0.3) is 0 Å². The lowest BCUT2D eigenvalue weighted by atomic mass is 10.2. The first kappa shape index (κ1) is 12.4. The molecule has 0 aromatic carbocycles. The molecule has 19 heavy (non-hydrogen) atoms. The largest absolute Gasteiger partial charge is 0.351 e. The molecule has 1 aliphatic heterocycles. The van der Waals surface area contributed by atoms with Crippen molar-refractivity contribution in [3.8, 4) is 0 Å². The summed E-state index contributed by atoms with van der Waals surface area (Å²) in [5.74, 6) is 7.94. The van der Waals surface area contributed by atoms with Crippen molar-refractivity contribution < 1.29 is 0 Å². The summed E-state index contributed by atoms with van der Waals surface area (Å²) in [7, 11) is 0. The van der Waals surface area contributed by atoms with Gasteiger partial charge in [0.2, 0.25) is 17.8 Å². The fourth-order valence-corrected chi connectivity index (χ4v) is 2.47. The van der Waals surface area contributed by atoms with E-state index in [1.54, 1.807) is 0 Å². The molecule has 0 amide bonds. The van der Waals surface area contributed by atoms with Gasteiger partial charge in [0.25, 0.3) is 0 Å². The maximum absolute atomic E-state index is 5.44. The molecule has 2 aliphatic rings. The number of nitrogens with zero attached hydrogens (tertiary/aromatic N) is 4. The van der Waals surface area contributed by atoms with E-state index in [9.17, 15) is 0 Å². The van der Waals surface area contributed by atoms with E-state index in [0.29, 0.717) is 23.9 Å². The SMILES string of the molecule is CC(Nc1nc(NN)nc(N2CCCC2)n1)C1CC1. The topological polar surface area (TPSA) is 92.0 Å². The highest BCUT2D eigenvalue weighted by molar-refractivity contribution is 5.44. The van der Waals surface area contributed by atoms with Crippen molar-refractivity contribution in [1.29, 1.82) is 0 Å². The van der Waals surface area contributed by atoms with Crippen LogP contribution >= 0.6 is 0 Å². The minimum Gasteiger partial charge on any atom is -0.351 e. The van der Waals surface area contributed by atoms with Crippen LogP contribution in [0.2, 0.25) is 0 Å². The van der Waals surface area contributed by atoms with Gasteiger partial charge in [0.05, 0.1) is 0 Å². The molecule has 1 unspecified atom stereocenters. The van der Waals surface area contributed by atoms with Gasteiger partial charge in [-0.1, -0.05) is 0 Å². The smallest absolute Gasteiger partial charge is 0.243 e. The number of hydrogen-bond donors (Lipinski definition) is 3. The van der Waals surface area contributed by atoms with Crippen molar-refractivity contribution in [2.75, 3.05) is 28.7 Å². The first-order chi connectivity index (χ1) is 9.26. The zero-order chi connectivity index (χ0) is 13.2. The van der Waals surface area contributed by atoms with E-state index in [1.807, 2.05) is 0 Å². The lowest BCUT2D eigenvalue weighted by Gasteiger charge is -2.18. The van der Waals surface area contributed by atoms with Crippen molar-refractivity contribution >= 4 is 17.8 Å². The van der Waals surface area contributed by atoms with Gasteiger partial charge in [0.15, 0.2) is 0 Å². The minimum absolute atomic E-state index is 0.402. The highest BCUT2D eigenvalue weighted by atomic mass is 15.4. The summed E-state index contributed by atoms with van der Waals surface area (Å²) in [5, 5.41) is 3.36. The van der Waals surface area contributed by atoms with Crippen LogP contribution in [0.5, 0.6) is 0 Å². The Labute approximate surface area is 113 Å². The number of hydrogen-bond acceptors (Lipinski definition) is 7. The summed E-state index contributed by atoms with van der Waals surface area (Å²) in [5.41, 5.74) is 2.52. The highest BCUT2D eigenvalue weighted by Crippen LogP contribution is 2.33. The third kappa shape index (κ3) is 2.86. The van der Waals surface area contributed by atoms with E-state index in [0.717, 1.165) is 19.0 Å². The fraction of sp³-hybridized carbons (Fsp3) is 0.750. The monoisotopic (exact) mass is 263 g/mol. The molecule has 104 valence electrons. The molecule has 1 saturated heterocycles. The zero-order valence-corrected chi connectivity index (χ0v) is 11.3. The van der Waals surface area contributed by atoms with Crippen LogP contribution in [0.1, 0.15) is 32.6 Å². The quantitative estimate of drug-likeness (QED) is 0.538. The number of nitrogens with two attached hydrogens (primary N) is 1. The molecule has 0 bridgehead atoms. The second-order valence-corrected chi connectivity index (χ2v) is 5.39. The Morgan fingerprint density at radius 3 is 2.47 bits per heavy atom. The molecular formula is C12H21N7. The molecule has 3 rings (SSSR count). The lowest BCUT2D eigenvalue weighted by Crippen LogP contribution is -2.25. The van der Waals surface area contributed by atoms with Crippen LogP contribution in [0.4, 0.5) is 17.8 Å². The van der Waals surface area contributed by atoms with Crippen LogP contribution < -0.4 is 21.5 Å². The van der Waals surface area contributed by atoms with E-state index >= 15 is 0 Å². The second-order valence-electron chi connectivity index (χ2n) is 5.39. The molecule has 4 N–H and O–H groups in total. The van der Waals surface area contributed by atoms with Gasteiger partial charge in [-0.05, 0) is 38.5 Å². The molecule has 0 radical (unpaired) electrons. The van der Waals surface area contributed by atoms with Crippen molar-refractivity contribution in [3.05, 3.63) is 0 Å². The summed E-state index contributed by atoms with van der Waals surface area (Å²) in [4.78, 5) is 15.3. The summed E-state index contributed by atoms with van der Waals surface area (Å²) >= 11 is 0. The predicted molar refractivity (Wildman–Crippen MR) is 74.9 cm³/mol. The van der Waals surface area contributed by atoms with Crippen molar-refractivity contribution in [2.45, 2.75) is 38.6 Å². The molecule has 2 heterocycles. The maximum Gasteiger partial charge on any atom is 0.243 e. The maximum atomic E-state index is 5.44. The molecule has 7 nitrogen and oxygen atoms in total. The van der Waals surface area contributed by atoms with Gasteiger partial charge in [-0.15, -0.1) is 0 Å².